The van der Waals surface area contributed by atoms with Gasteiger partial charge >= 0.3 is 0 Å². The number of carbonyl (C=O) groups is 3. The number of benzene rings is 2. The highest BCUT2D eigenvalue weighted by Crippen LogP contribution is 2.21. The Bertz CT molecular complexity index is 782. The fraction of sp³-hybridized carbons (Fsp3) is 0.211. The van der Waals surface area contributed by atoms with Crippen LogP contribution in [0.25, 0.3) is 0 Å². The Hall–Kier alpha value is -3.15. The minimum atomic E-state index is -0.369. The van der Waals surface area contributed by atoms with Crippen LogP contribution in [-0.2, 0) is 4.79 Å². The second kappa shape index (κ2) is 7.61. The SMILES string of the molecule is O=Cc1ccc(OCC(=O)Nc2ccccc2C(=O)NC2CC2)cc1. The molecule has 0 unspecified atom stereocenters. The molecule has 1 saturated carbocycles. The van der Waals surface area contributed by atoms with Gasteiger partial charge in [-0.3, -0.25) is 14.4 Å². The lowest BCUT2D eigenvalue weighted by Crippen LogP contribution is -2.27. The van der Waals surface area contributed by atoms with Crippen molar-refractivity contribution >= 4 is 23.8 Å². The van der Waals surface area contributed by atoms with Gasteiger partial charge in [-0.25, -0.2) is 0 Å². The van der Waals surface area contributed by atoms with Crippen LogP contribution in [0.5, 0.6) is 5.75 Å². The Labute approximate surface area is 145 Å². The molecule has 0 radical (unpaired) electrons. The Morgan fingerprint density at radius 1 is 1.08 bits per heavy atom. The molecule has 0 saturated heterocycles. The monoisotopic (exact) mass is 338 g/mol. The molecular formula is C19H18N2O4. The summed E-state index contributed by atoms with van der Waals surface area (Å²) in [6, 6.07) is 13.6. The third-order valence-electron chi connectivity index (χ3n) is 3.74. The average molecular weight is 338 g/mol. The summed E-state index contributed by atoms with van der Waals surface area (Å²) in [5, 5.41) is 5.60. The molecule has 0 heterocycles. The van der Waals surface area contributed by atoms with Crippen molar-refractivity contribution in [1.29, 1.82) is 0 Å². The van der Waals surface area contributed by atoms with Crippen LogP contribution in [0.1, 0.15) is 33.6 Å². The van der Waals surface area contributed by atoms with Crippen LogP contribution in [-0.4, -0.2) is 30.7 Å². The Morgan fingerprint density at radius 2 is 1.80 bits per heavy atom. The lowest BCUT2D eigenvalue weighted by molar-refractivity contribution is -0.118. The van der Waals surface area contributed by atoms with Gasteiger partial charge < -0.3 is 15.4 Å². The van der Waals surface area contributed by atoms with Crippen molar-refractivity contribution in [3.05, 3.63) is 59.7 Å². The van der Waals surface area contributed by atoms with E-state index >= 15 is 0 Å². The summed E-state index contributed by atoms with van der Waals surface area (Å²) in [5.41, 5.74) is 1.41. The Balaban J connectivity index is 1.58. The molecule has 1 aliphatic carbocycles. The summed E-state index contributed by atoms with van der Waals surface area (Å²) in [7, 11) is 0. The number of carbonyl (C=O) groups excluding carboxylic acids is 3. The molecule has 6 heteroatoms. The van der Waals surface area contributed by atoms with Gasteiger partial charge in [0.15, 0.2) is 6.61 Å². The van der Waals surface area contributed by atoms with E-state index in [1.807, 2.05) is 0 Å². The third-order valence-corrected chi connectivity index (χ3v) is 3.74. The summed E-state index contributed by atoms with van der Waals surface area (Å²) in [6.07, 6.45) is 2.73. The minimum absolute atomic E-state index is 0.191. The molecule has 1 fully saturated rings. The zero-order valence-electron chi connectivity index (χ0n) is 13.5. The molecule has 3 rings (SSSR count). The zero-order valence-corrected chi connectivity index (χ0v) is 13.5. The molecule has 2 aromatic carbocycles. The second-order valence-corrected chi connectivity index (χ2v) is 5.82. The fourth-order valence-electron chi connectivity index (χ4n) is 2.26. The standard InChI is InChI=1S/C19H18N2O4/c22-11-13-5-9-15(10-6-13)25-12-18(23)21-17-4-2-1-3-16(17)19(24)20-14-7-8-14/h1-6,9-11,14H,7-8,12H2,(H,20,24)(H,21,23). The molecule has 6 nitrogen and oxygen atoms in total. The molecule has 2 N–H and O–H groups in total. The van der Waals surface area contributed by atoms with E-state index in [-0.39, 0.29) is 24.5 Å². The van der Waals surface area contributed by atoms with Crippen molar-refractivity contribution in [3.63, 3.8) is 0 Å². The van der Waals surface area contributed by atoms with Crippen LogP contribution in [0.3, 0.4) is 0 Å². The molecule has 0 spiro atoms. The summed E-state index contributed by atoms with van der Waals surface area (Å²) in [5.74, 6) is -0.0737. The molecule has 0 aliphatic heterocycles. The van der Waals surface area contributed by atoms with Crippen LogP contribution in [0, 0.1) is 0 Å². The van der Waals surface area contributed by atoms with Crippen LogP contribution in [0.2, 0.25) is 0 Å². The number of para-hydroxylation sites is 1. The number of aldehydes is 1. The Kier molecular flexibility index (Phi) is 5.09. The average Bonchev–Trinajstić information content (AvgIpc) is 3.45. The molecule has 128 valence electrons. The van der Waals surface area contributed by atoms with E-state index < -0.39 is 0 Å². The minimum Gasteiger partial charge on any atom is -0.484 e. The van der Waals surface area contributed by atoms with Crippen LogP contribution in [0.4, 0.5) is 5.69 Å². The highest BCUT2D eigenvalue weighted by atomic mass is 16.5. The van der Waals surface area contributed by atoms with Gasteiger partial charge in [-0.1, -0.05) is 12.1 Å². The van der Waals surface area contributed by atoms with E-state index in [0.717, 1.165) is 19.1 Å². The number of ether oxygens (including phenoxy) is 1. The number of amides is 2. The number of anilines is 1. The zero-order chi connectivity index (χ0) is 17.6. The largest absolute Gasteiger partial charge is 0.484 e. The summed E-state index contributed by atoms with van der Waals surface area (Å²) in [6.45, 7) is -0.195. The normalized spacial score (nSPS) is 13.0. The van der Waals surface area contributed by atoms with E-state index in [1.165, 1.54) is 0 Å². The van der Waals surface area contributed by atoms with E-state index in [9.17, 15) is 14.4 Å². The first-order valence-electron chi connectivity index (χ1n) is 8.03. The number of hydrogen-bond donors (Lipinski definition) is 2. The number of hydrogen-bond acceptors (Lipinski definition) is 4. The predicted octanol–water partition coefficient (Wildman–Crippen LogP) is 2.41. The summed E-state index contributed by atoms with van der Waals surface area (Å²) in [4.78, 5) is 34.9. The highest BCUT2D eigenvalue weighted by molar-refractivity contribution is 6.04. The first-order valence-corrected chi connectivity index (χ1v) is 8.03. The topological polar surface area (TPSA) is 84.5 Å². The van der Waals surface area contributed by atoms with Gasteiger partial charge in [0.1, 0.15) is 12.0 Å². The van der Waals surface area contributed by atoms with Gasteiger partial charge in [0, 0.05) is 11.6 Å². The summed E-state index contributed by atoms with van der Waals surface area (Å²) < 4.78 is 5.39. The molecular weight excluding hydrogens is 320 g/mol. The Morgan fingerprint density at radius 3 is 2.48 bits per heavy atom. The lowest BCUT2D eigenvalue weighted by Gasteiger charge is -2.11. The maximum Gasteiger partial charge on any atom is 0.262 e. The molecule has 0 atom stereocenters. The second-order valence-electron chi connectivity index (χ2n) is 5.82. The molecule has 1 aliphatic rings. The summed E-state index contributed by atoms with van der Waals surface area (Å²) >= 11 is 0. The van der Waals surface area contributed by atoms with Crippen molar-refractivity contribution in [1.82, 2.24) is 5.32 Å². The molecule has 0 aromatic heterocycles. The van der Waals surface area contributed by atoms with Crippen LogP contribution < -0.4 is 15.4 Å². The van der Waals surface area contributed by atoms with Crippen molar-refractivity contribution in [2.75, 3.05) is 11.9 Å². The van der Waals surface area contributed by atoms with Crippen LogP contribution >= 0.6 is 0 Å². The molecule has 2 amide bonds. The molecule has 25 heavy (non-hydrogen) atoms. The molecule has 2 aromatic rings. The first kappa shape index (κ1) is 16.7. The van der Waals surface area contributed by atoms with E-state index in [2.05, 4.69) is 10.6 Å². The number of nitrogens with one attached hydrogen (secondary N) is 2. The van der Waals surface area contributed by atoms with Crippen molar-refractivity contribution < 1.29 is 19.1 Å². The van der Waals surface area contributed by atoms with E-state index in [4.69, 9.17) is 4.74 Å². The fourth-order valence-corrected chi connectivity index (χ4v) is 2.26. The van der Waals surface area contributed by atoms with Crippen molar-refractivity contribution in [2.45, 2.75) is 18.9 Å². The van der Waals surface area contributed by atoms with E-state index in [0.29, 0.717) is 22.6 Å². The number of rotatable bonds is 7. The van der Waals surface area contributed by atoms with Gasteiger partial charge in [-0.15, -0.1) is 0 Å². The maximum absolute atomic E-state index is 12.2. The highest BCUT2D eigenvalue weighted by Gasteiger charge is 2.25. The van der Waals surface area contributed by atoms with Crippen molar-refractivity contribution in [3.8, 4) is 5.75 Å². The molecule has 0 bridgehead atoms. The van der Waals surface area contributed by atoms with Gasteiger partial charge in [-0.2, -0.15) is 0 Å². The van der Waals surface area contributed by atoms with Gasteiger partial charge in [0.2, 0.25) is 0 Å². The van der Waals surface area contributed by atoms with Gasteiger partial charge in [0.05, 0.1) is 11.3 Å². The first-order chi connectivity index (χ1) is 12.2. The van der Waals surface area contributed by atoms with E-state index in [1.54, 1.807) is 48.5 Å². The lowest BCUT2D eigenvalue weighted by atomic mass is 10.1. The maximum atomic E-state index is 12.2. The quantitative estimate of drug-likeness (QED) is 0.759. The van der Waals surface area contributed by atoms with Crippen molar-refractivity contribution in [2.24, 2.45) is 0 Å². The van der Waals surface area contributed by atoms with Gasteiger partial charge in [0.25, 0.3) is 11.8 Å². The van der Waals surface area contributed by atoms with Gasteiger partial charge in [-0.05, 0) is 49.2 Å². The third kappa shape index (κ3) is 4.67. The smallest absolute Gasteiger partial charge is 0.262 e. The van der Waals surface area contributed by atoms with Crippen LogP contribution in [0.15, 0.2) is 48.5 Å². The predicted molar refractivity (Wildman–Crippen MR) is 92.9 cm³/mol.